The van der Waals surface area contributed by atoms with Crippen molar-refractivity contribution in [1.82, 2.24) is 10.3 Å². The van der Waals surface area contributed by atoms with E-state index in [1.807, 2.05) is 24.8 Å². The minimum Gasteiger partial charge on any atom is -0.394 e. The molecule has 1 aliphatic heterocycles. The molecule has 0 radical (unpaired) electrons. The number of rotatable bonds is 7. The van der Waals surface area contributed by atoms with Crippen LogP contribution in [0.1, 0.15) is 28.4 Å². The first-order valence-corrected chi connectivity index (χ1v) is 10.6. The summed E-state index contributed by atoms with van der Waals surface area (Å²) in [5, 5.41) is 13.2. The Morgan fingerprint density at radius 2 is 2.28 bits per heavy atom. The Labute approximate surface area is 174 Å². The lowest BCUT2D eigenvalue weighted by Gasteiger charge is -2.36. The molecule has 1 aliphatic rings. The molecular weight excluding hydrogens is 393 g/mol. The summed E-state index contributed by atoms with van der Waals surface area (Å²) in [5.41, 5.74) is 2.04. The summed E-state index contributed by atoms with van der Waals surface area (Å²) in [4.78, 5) is 19.7. The number of anilines is 1. The Kier molecular flexibility index (Phi) is 7.46. The van der Waals surface area contributed by atoms with E-state index in [4.69, 9.17) is 9.72 Å². The Morgan fingerprint density at radius 3 is 3.00 bits per heavy atom. The fourth-order valence-electron chi connectivity index (χ4n) is 3.32. The zero-order valence-electron chi connectivity index (χ0n) is 16.7. The monoisotopic (exact) mass is 419 g/mol. The Bertz CT molecular complexity index is 865. The number of carbonyl (C=O) groups is 1. The summed E-state index contributed by atoms with van der Waals surface area (Å²) < 4.78 is 18.8. The number of thioether (sulfide) groups is 1. The number of hydrogen-bond donors (Lipinski definition) is 2. The molecule has 156 valence electrons. The van der Waals surface area contributed by atoms with Gasteiger partial charge < -0.3 is 20.1 Å². The van der Waals surface area contributed by atoms with Gasteiger partial charge in [-0.15, -0.1) is 11.8 Å². The molecular formula is C21H26FN3O3S. The maximum Gasteiger partial charge on any atom is 0.254 e. The van der Waals surface area contributed by atoms with Crippen LogP contribution in [0.2, 0.25) is 0 Å². The van der Waals surface area contributed by atoms with Crippen LogP contribution in [0.3, 0.4) is 0 Å². The summed E-state index contributed by atoms with van der Waals surface area (Å²) in [6, 6.07) is 7.90. The minimum atomic E-state index is -0.329. The molecule has 8 heteroatoms. The minimum absolute atomic E-state index is 0.0210. The number of aryl methyl sites for hydroxylation is 1. The molecule has 3 rings (SSSR count). The van der Waals surface area contributed by atoms with Gasteiger partial charge >= 0.3 is 0 Å². The van der Waals surface area contributed by atoms with Gasteiger partial charge in [0.05, 0.1) is 31.4 Å². The first-order chi connectivity index (χ1) is 14.0. The van der Waals surface area contributed by atoms with Gasteiger partial charge in [0.2, 0.25) is 0 Å². The molecule has 1 saturated heterocycles. The number of amides is 1. The molecule has 0 saturated carbocycles. The molecule has 29 heavy (non-hydrogen) atoms. The number of ether oxygens (including phenoxy) is 1. The van der Waals surface area contributed by atoms with Crippen molar-refractivity contribution in [3.8, 4) is 0 Å². The molecule has 1 fully saturated rings. The van der Waals surface area contributed by atoms with Crippen LogP contribution < -0.4 is 10.2 Å². The molecule has 2 heterocycles. The lowest BCUT2D eigenvalue weighted by atomic mass is 10.1. The van der Waals surface area contributed by atoms with Gasteiger partial charge in [-0.05, 0) is 42.0 Å². The summed E-state index contributed by atoms with van der Waals surface area (Å²) >= 11 is 1.50. The van der Waals surface area contributed by atoms with Crippen LogP contribution >= 0.6 is 11.8 Å². The van der Waals surface area contributed by atoms with Crippen LogP contribution in [0.4, 0.5) is 10.2 Å². The highest BCUT2D eigenvalue weighted by molar-refractivity contribution is 7.99. The van der Waals surface area contributed by atoms with Crippen molar-refractivity contribution in [2.45, 2.75) is 31.5 Å². The fourth-order valence-corrected chi connectivity index (χ4v) is 4.15. The third kappa shape index (κ3) is 5.26. The van der Waals surface area contributed by atoms with Gasteiger partial charge in [-0.3, -0.25) is 4.79 Å². The van der Waals surface area contributed by atoms with Gasteiger partial charge in [0.15, 0.2) is 0 Å². The number of morpholine rings is 1. The average Bonchev–Trinajstić information content (AvgIpc) is 2.72. The lowest BCUT2D eigenvalue weighted by molar-refractivity contribution is 0.0722. The van der Waals surface area contributed by atoms with Crippen molar-refractivity contribution in [2.75, 3.05) is 37.0 Å². The lowest BCUT2D eigenvalue weighted by Crippen LogP contribution is -2.48. The van der Waals surface area contributed by atoms with E-state index < -0.39 is 0 Å². The predicted octanol–water partition coefficient (Wildman–Crippen LogP) is 2.77. The summed E-state index contributed by atoms with van der Waals surface area (Å²) in [6.45, 7) is 5.77. The molecule has 0 unspecified atom stereocenters. The van der Waals surface area contributed by atoms with Gasteiger partial charge in [0.25, 0.3) is 5.91 Å². The highest BCUT2D eigenvalue weighted by atomic mass is 32.2. The third-order valence-electron chi connectivity index (χ3n) is 4.75. The zero-order valence-corrected chi connectivity index (χ0v) is 17.5. The number of carbonyl (C=O) groups excluding carboxylic acids is 1. The van der Waals surface area contributed by atoms with Crippen LogP contribution in [-0.2, 0) is 11.3 Å². The van der Waals surface area contributed by atoms with Crippen molar-refractivity contribution in [3.05, 3.63) is 52.8 Å². The van der Waals surface area contributed by atoms with Crippen LogP contribution in [0.15, 0.2) is 35.4 Å². The number of hydrogen-bond acceptors (Lipinski definition) is 6. The number of aliphatic hydroxyl groups excluding tert-OH is 1. The number of pyridine rings is 1. The van der Waals surface area contributed by atoms with Crippen LogP contribution in [0, 0.1) is 12.7 Å². The van der Waals surface area contributed by atoms with Gasteiger partial charge in [-0.2, -0.15) is 0 Å². The van der Waals surface area contributed by atoms with E-state index in [1.165, 1.54) is 23.9 Å². The Balaban J connectivity index is 1.84. The SMILES string of the molecule is CCSc1nc(N2CCOC[C@@H]2CO)cc(C)c1C(=O)NCc1cccc(F)c1. The van der Waals surface area contributed by atoms with Crippen LogP contribution in [0.5, 0.6) is 0 Å². The van der Waals surface area contributed by atoms with Gasteiger partial charge in [0, 0.05) is 13.1 Å². The maximum absolute atomic E-state index is 13.4. The predicted molar refractivity (Wildman–Crippen MR) is 112 cm³/mol. The summed E-state index contributed by atoms with van der Waals surface area (Å²) in [5.74, 6) is 0.946. The van der Waals surface area contributed by atoms with Crippen molar-refractivity contribution in [3.63, 3.8) is 0 Å². The first kappa shape index (κ1) is 21.5. The normalized spacial score (nSPS) is 16.7. The molecule has 2 aromatic rings. The van der Waals surface area contributed by atoms with E-state index in [0.29, 0.717) is 35.9 Å². The highest BCUT2D eigenvalue weighted by Crippen LogP contribution is 2.29. The second-order valence-electron chi connectivity index (χ2n) is 6.83. The molecule has 1 aromatic heterocycles. The molecule has 1 atom stereocenters. The number of nitrogens with zero attached hydrogens (tertiary/aromatic N) is 2. The van der Waals surface area contributed by atoms with Gasteiger partial charge in [-0.1, -0.05) is 19.1 Å². The quantitative estimate of drug-likeness (QED) is 0.673. The molecule has 0 bridgehead atoms. The number of aromatic nitrogens is 1. The Morgan fingerprint density at radius 1 is 1.45 bits per heavy atom. The van der Waals surface area contributed by atoms with Crippen molar-refractivity contribution >= 4 is 23.5 Å². The van der Waals surface area contributed by atoms with E-state index in [1.54, 1.807) is 12.1 Å². The standard InChI is InChI=1S/C21H26FN3O3S/c1-3-29-21-19(20(27)23-11-15-5-4-6-16(22)10-15)14(2)9-18(24-21)25-7-8-28-13-17(25)12-26/h4-6,9-10,17,26H,3,7-8,11-13H2,1-2H3,(H,23,27)/t17-/m0/s1. The van der Waals surface area contributed by atoms with E-state index in [-0.39, 0.29) is 30.9 Å². The molecule has 1 aromatic carbocycles. The molecule has 6 nitrogen and oxygen atoms in total. The van der Waals surface area contributed by atoms with Crippen molar-refractivity contribution in [2.24, 2.45) is 0 Å². The van der Waals surface area contributed by atoms with Crippen molar-refractivity contribution < 1.29 is 19.0 Å². The summed E-state index contributed by atoms with van der Waals surface area (Å²) in [6.07, 6.45) is 0. The van der Waals surface area contributed by atoms with E-state index in [2.05, 4.69) is 5.32 Å². The van der Waals surface area contributed by atoms with E-state index in [9.17, 15) is 14.3 Å². The Hall–Kier alpha value is -2.16. The zero-order chi connectivity index (χ0) is 20.8. The topological polar surface area (TPSA) is 74.7 Å². The van der Waals surface area contributed by atoms with Crippen LogP contribution in [0.25, 0.3) is 0 Å². The summed E-state index contributed by atoms with van der Waals surface area (Å²) in [7, 11) is 0. The number of halogens is 1. The third-order valence-corrected chi connectivity index (χ3v) is 5.61. The number of aliphatic hydroxyl groups is 1. The molecule has 0 aliphatic carbocycles. The van der Waals surface area contributed by atoms with Gasteiger partial charge in [-0.25, -0.2) is 9.37 Å². The molecule has 2 N–H and O–H groups in total. The maximum atomic E-state index is 13.4. The largest absolute Gasteiger partial charge is 0.394 e. The first-order valence-electron chi connectivity index (χ1n) is 9.65. The van der Waals surface area contributed by atoms with Crippen LogP contribution in [-0.4, -0.2) is 54.2 Å². The molecule has 1 amide bonds. The smallest absolute Gasteiger partial charge is 0.254 e. The van der Waals surface area contributed by atoms with E-state index in [0.717, 1.165) is 17.1 Å². The van der Waals surface area contributed by atoms with Gasteiger partial charge in [0.1, 0.15) is 16.7 Å². The number of nitrogens with one attached hydrogen (secondary N) is 1. The molecule has 0 spiro atoms. The average molecular weight is 420 g/mol. The number of benzene rings is 1. The van der Waals surface area contributed by atoms with E-state index >= 15 is 0 Å². The second kappa shape index (κ2) is 10.0. The van der Waals surface area contributed by atoms with Crippen molar-refractivity contribution in [1.29, 1.82) is 0 Å². The fraction of sp³-hybridized carbons (Fsp3) is 0.429. The highest BCUT2D eigenvalue weighted by Gasteiger charge is 2.26. The second-order valence-corrected chi connectivity index (χ2v) is 8.08.